The Hall–Kier alpha value is -0.550. The van der Waals surface area contributed by atoms with Crippen molar-refractivity contribution in [2.24, 2.45) is 0 Å². The molecule has 0 radical (unpaired) electrons. The maximum absolute atomic E-state index is 5.06. The first-order valence-electron chi connectivity index (χ1n) is 4.42. The van der Waals surface area contributed by atoms with Crippen molar-refractivity contribution in [2.45, 2.75) is 31.2 Å². The molecule has 1 aliphatic carbocycles. The van der Waals surface area contributed by atoms with Gasteiger partial charge < -0.3 is 9.84 Å². The molecule has 13 heavy (non-hydrogen) atoms. The fourth-order valence-electron chi connectivity index (χ4n) is 1.07. The first-order chi connectivity index (χ1) is 6.38. The number of rotatable bonds is 5. The van der Waals surface area contributed by atoms with Gasteiger partial charge in [0, 0.05) is 6.04 Å². The molecule has 1 aromatic rings. The van der Waals surface area contributed by atoms with Gasteiger partial charge >= 0.3 is 0 Å². The number of hydrogen-bond donors (Lipinski definition) is 1. The number of nitrogens with zero attached hydrogens (tertiary/aromatic N) is 2. The second-order valence-corrected chi connectivity index (χ2v) is 4.06. The van der Waals surface area contributed by atoms with E-state index in [0.717, 1.165) is 11.6 Å². The van der Waals surface area contributed by atoms with Gasteiger partial charge in [-0.05, 0) is 19.1 Å². The quantitative estimate of drug-likeness (QED) is 0.771. The van der Waals surface area contributed by atoms with Gasteiger partial charge in [0.05, 0.1) is 12.3 Å². The summed E-state index contributed by atoms with van der Waals surface area (Å²) in [6, 6.07) is 0.691. The molecule has 0 aromatic carbocycles. The number of thioether (sulfide) groups is 1. The van der Waals surface area contributed by atoms with Gasteiger partial charge in [-0.3, -0.25) is 0 Å². The van der Waals surface area contributed by atoms with E-state index in [9.17, 15) is 0 Å². The lowest BCUT2D eigenvalue weighted by Crippen LogP contribution is -2.15. The van der Waals surface area contributed by atoms with Crippen LogP contribution in [0.15, 0.2) is 4.52 Å². The van der Waals surface area contributed by atoms with Gasteiger partial charge in [-0.25, -0.2) is 0 Å². The molecule has 1 saturated carbocycles. The lowest BCUT2D eigenvalue weighted by molar-refractivity contribution is 0.363. The molecular weight excluding hydrogens is 186 g/mol. The third-order valence-corrected chi connectivity index (χ3v) is 2.45. The van der Waals surface area contributed by atoms with Gasteiger partial charge in [-0.1, -0.05) is 5.16 Å². The van der Waals surface area contributed by atoms with E-state index in [1.165, 1.54) is 12.8 Å². The molecule has 0 bridgehead atoms. The fourth-order valence-corrected chi connectivity index (χ4v) is 1.44. The van der Waals surface area contributed by atoms with Crippen LogP contribution in [-0.4, -0.2) is 22.4 Å². The second-order valence-electron chi connectivity index (χ2n) is 3.19. The van der Waals surface area contributed by atoms with Crippen LogP contribution in [0.1, 0.15) is 24.6 Å². The van der Waals surface area contributed by atoms with Crippen LogP contribution in [0.2, 0.25) is 0 Å². The average Bonchev–Trinajstić information content (AvgIpc) is 2.85. The molecule has 2 rings (SSSR count). The van der Waals surface area contributed by atoms with Crippen molar-refractivity contribution < 1.29 is 4.52 Å². The summed E-state index contributed by atoms with van der Waals surface area (Å²) < 4.78 is 5.06. The van der Waals surface area contributed by atoms with Gasteiger partial charge in [-0.15, -0.1) is 0 Å². The summed E-state index contributed by atoms with van der Waals surface area (Å²) in [5, 5.41) is 7.18. The highest BCUT2D eigenvalue weighted by atomic mass is 32.2. The van der Waals surface area contributed by atoms with Gasteiger partial charge in [0.15, 0.2) is 5.82 Å². The van der Waals surface area contributed by atoms with Crippen molar-refractivity contribution in [3.8, 4) is 0 Å². The molecule has 0 unspecified atom stereocenters. The molecule has 1 N–H and O–H groups in total. The zero-order valence-electron chi connectivity index (χ0n) is 7.62. The molecule has 5 heteroatoms. The molecule has 0 atom stereocenters. The predicted octanol–water partition coefficient (Wildman–Crippen LogP) is 1.18. The molecular formula is C8H13N3OS. The van der Waals surface area contributed by atoms with Crippen LogP contribution in [0.4, 0.5) is 0 Å². The summed E-state index contributed by atoms with van der Waals surface area (Å²) in [4.78, 5) is 4.24. The standard InChI is InChI=1S/C8H13N3OS/c1-13-5-7-10-8(12-11-7)4-9-6-2-3-6/h6,9H,2-5H2,1H3. The topological polar surface area (TPSA) is 51.0 Å². The van der Waals surface area contributed by atoms with Crippen LogP contribution in [0, 0.1) is 0 Å². The first kappa shape index (κ1) is 9.02. The second kappa shape index (κ2) is 4.11. The zero-order valence-corrected chi connectivity index (χ0v) is 8.43. The molecule has 4 nitrogen and oxygen atoms in total. The number of hydrogen-bond acceptors (Lipinski definition) is 5. The third kappa shape index (κ3) is 2.70. The maximum atomic E-state index is 5.06. The monoisotopic (exact) mass is 199 g/mol. The summed E-state index contributed by atoms with van der Waals surface area (Å²) in [7, 11) is 0. The highest BCUT2D eigenvalue weighted by Gasteiger charge is 2.21. The Bertz CT molecular complexity index is 272. The van der Waals surface area contributed by atoms with E-state index in [2.05, 4.69) is 15.5 Å². The molecule has 1 aromatic heterocycles. The zero-order chi connectivity index (χ0) is 9.10. The Morgan fingerprint density at radius 2 is 2.46 bits per heavy atom. The highest BCUT2D eigenvalue weighted by molar-refractivity contribution is 7.97. The largest absolute Gasteiger partial charge is 0.338 e. The summed E-state index contributed by atoms with van der Waals surface area (Å²) in [6.07, 6.45) is 4.59. The Kier molecular flexibility index (Phi) is 2.85. The van der Waals surface area contributed by atoms with E-state index in [0.29, 0.717) is 18.5 Å². The van der Waals surface area contributed by atoms with E-state index < -0.39 is 0 Å². The van der Waals surface area contributed by atoms with E-state index >= 15 is 0 Å². The average molecular weight is 199 g/mol. The van der Waals surface area contributed by atoms with Gasteiger partial charge in [-0.2, -0.15) is 16.7 Å². The van der Waals surface area contributed by atoms with Crippen molar-refractivity contribution in [1.82, 2.24) is 15.5 Å². The Balaban J connectivity index is 1.81. The SMILES string of the molecule is CSCc1noc(CNC2CC2)n1. The summed E-state index contributed by atoms with van der Waals surface area (Å²) in [6.45, 7) is 0.714. The summed E-state index contributed by atoms with van der Waals surface area (Å²) in [5.41, 5.74) is 0. The molecule has 1 heterocycles. The van der Waals surface area contributed by atoms with Crippen molar-refractivity contribution in [1.29, 1.82) is 0 Å². The molecule has 0 spiro atoms. The van der Waals surface area contributed by atoms with E-state index in [4.69, 9.17) is 4.52 Å². The minimum absolute atomic E-state index is 0.691. The van der Waals surface area contributed by atoms with Crippen LogP contribution in [0.5, 0.6) is 0 Å². The predicted molar refractivity (Wildman–Crippen MR) is 51.4 cm³/mol. The summed E-state index contributed by atoms with van der Waals surface area (Å²) >= 11 is 1.70. The molecule has 1 fully saturated rings. The molecule has 1 aliphatic rings. The minimum atomic E-state index is 0.691. The van der Waals surface area contributed by atoms with Crippen molar-refractivity contribution in [3.05, 3.63) is 11.7 Å². The van der Waals surface area contributed by atoms with Gasteiger partial charge in [0.1, 0.15) is 0 Å². The maximum Gasteiger partial charge on any atom is 0.240 e. The van der Waals surface area contributed by atoms with Crippen LogP contribution < -0.4 is 5.32 Å². The van der Waals surface area contributed by atoms with Crippen LogP contribution in [0.25, 0.3) is 0 Å². The number of aromatic nitrogens is 2. The first-order valence-corrected chi connectivity index (χ1v) is 5.81. The molecule has 0 aliphatic heterocycles. The van der Waals surface area contributed by atoms with E-state index in [1.807, 2.05) is 6.26 Å². The normalized spacial score (nSPS) is 16.4. The van der Waals surface area contributed by atoms with Crippen molar-refractivity contribution in [3.63, 3.8) is 0 Å². The molecule has 0 amide bonds. The van der Waals surface area contributed by atoms with Crippen molar-refractivity contribution in [2.75, 3.05) is 6.26 Å². The Morgan fingerprint density at radius 3 is 3.15 bits per heavy atom. The van der Waals surface area contributed by atoms with Crippen molar-refractivity contribution >= 4 is 11.8 Å². The molecule has 72 valence electrons. The minimum Gasteiger partial charge on any atom is -0.338 e. The van der Waals surface area contributed by atoms with Gasteiger partial charge in [0.2, 0.25) is 5.89 Å². The van der Waals surface area contributed by atoms with Crippen LogP contribution in [-0.2, 0) is 12.3 Å². The third-order valence-electron chi connectivity index (χ3n) is 1.90. The van der Waals surface area contributed by atoms with E-state index in [-0.39, 0.29) is 0 Å². The fraction of sp³-hybridized carbons (Fsp3) is 0.750. The smallest absolute Gasteiger partial charge is 0.240 e. The van der Waals surface area contributed by atoms with Crippen LogP contribution >= 0.6 is 11.8 Å². The molecule has 0 saturated heterocycles. The number of nitrogens with one attached hydrogen (secondary N) is 1. The Morgan fingerprint density at radius 1 is 1.62 bits per heavy atom. The Labute approximate surface area is 81.5 Å². The highest BCUT2D eigenvalue weighted by Crippen LogP contribution is 2.19. The lowest BCUT2D eigenvalue weighted by Gasteiger charge is -1.94. The van der Waals surface area contributed by atoms with Gasteiger partial charge in [0.25, 0.3) is 0 Å². The van der Waals surface area contributed by atoms with Crippen LogP contribution in [0.3, 0.4) is 0 Å². The van der Waals surface area contributed by atoms with E-state index in [1.54, 1.807) is 11.8 Å². The lowest BCUT2D eigenvalue weighted by atomic mass is 10.6. The summed E-state index contributed by atoms with van der Waals surface area (Å²) in [5.74, 6) is 2.32.